The van der Waals surface area contributed by atoms with Crippen LogP contribution in [0, 0.1) is 5.92 Å². The summed E-state index contributed by atoms with van der Waals surface area (Å²) in [4.78, 5) is 9.90. The second kappa shape index (κ2) is 6.84. The average Bonchev–Trinajstić information content (AvgIpc) is 1.61. The zero-order chi connectivity index (χ0) is 6.57. The first-order chi connectivity index (χ1) is 3.63. The molecule has 0 fully saturated rings. The van der Waals surface area contributed by atoms with E-state index in [4.69, 9.17) is 5.11 Å². The Labute approximate surface area is 88.6 Å². The van der Waals surface area contributed by atoms with Gasteiger partial charge in [0.2, 0.25) is 0 Å². The van der Waals surface area contributed by atoms with Crippen molar-refractivity contribution in [2.45, 2.75) is 26.7 Å². The molecule has 0 atom stereocenters. The molecule has 0 unspecified atom stereocenters. The summed E-state index contributed by atoms with van der Waals surface area (Å²) in [7, 11) is 0. The summed E-state index contributed by atoms with van der Waals surface area (Å²) in [6.07, 6.45) is 1.09. The van der Waals surface area contributed by atoms with Crippen LogP contribution < -0.4 is 0 Å². The summed E-state index contributed by atoms with van der Waals surface area (Å²) in [6, 6.07) is 0. The molecule has 0 spiro atoms. The van der Waals surface area contributed by atoms with E-state index in [1.807, 2.05) is 13.8 Å². The molecule has 0 saturated heterocycles. The molecule has 3 heteroatoms. The van der Waals surface area contributed by atoms with Crippen molar-refractivity contribution in [3.8, 4) is 0 Å². The van der Waals surface area contributed by atoms with Gasteiger partial charge in [-0.2, -0.15) is 0 Å². The van der Waals surface area contributed by atoms with Crippen LogP contribution in [0.4, 0.5) is 0 Å². The molecule has 1 N–H and O–H groups in total. The van der Waals surface area contributed by atoms with Gasteiger partial charge >= 0.3 is 43.7 Å². The maximum atomic E-state index is 9.90. The van der Waals surface area contributed by atoms with Gasteiger partial charge < -0.3 is 7.96 Å². The summed E-state index contributed by atoms with van der Waals surface area (Å²) in [5.74, 6) is -0.190. The van der Waals surface area contributed by atoms with Crippen LogP contribution in [0.2, 0.25) is 0 Å². The van der Waals surface area contributed by atoms with Gasteiger partial charge in [0.25, 0.3) is 0 Å². The van der Waals surface area contributed by atoms with Crippen molar-refractivity contribution in [2.24, 2.45) is 5.92 Å². The normalized spacial score (nSPS) is 8.78. The fraction of sp³-hybridized carbons (Fsp3) is 0.833. The Kier molecular flexibility index (Phi) is 9.44. The van der Waals surface area contributed by atoms with Gasteiger partial charge in [-0.05, 0) is 12.3 Å². The maximum Gasteiger partial charge on any atom is 2.00 e. The third-order valence-electron chi connectivity index (χ3n) is 0.936. The Bertz CT molecular complexity index is 88.7. The van der Waals surface area contributed by atoms with Crippen LogP contribution in [0.3, 0.4) is 0 Å². The minimum atomic E-state index is -0.696. The number of hydrogen-bond acceptors (Lipinski definition) is 1. The first kappa shape index (κ1) is 12.4. The van der Waals surface area contributed by atoms with E-state index >= 15 is 0 Å². The standard InChI is InChI=1S/C6H12O2.Ca.2H/c1-5(2)3-4-6(7)8;;;/h5H,3-4H2,1-2H3,(H,7,8);;;/q;+2;2*-1. The molecule has 52 valence electrons. The smallest absolute Gasteiger partial charge is 1.00 e. The van der Waals surface area contributed by atoms with Gasteiger partial charge in [-0.15, -0.1) is 0 Å². The molecule has 0 aromatic rings. The van der Waals surface area contributed by atoms with Crippen LogP contribution in [0.5, 0.6) is 0 Å². The van der Waals surface area contributed by atoms with Crippen molar-refractivity contribution in [3.63, 3.8) is 0 Å². The molecule has 0 aromatic carbocycles. The van der Waals surface area contributed by atoms with Crippen LogP contribution in [0.25, 0.3) is 0 Å². The van der Waals surface area contributed by atoms with Gasteiger partial charge in [0.15, 0.2) is 0 Å². The maximum absolute atomic E-state index is 9.90. The number of hydrogen-bond donors (Lipinski definition) is 1. The van der Waals surface area contributed by atoms with Crippen molar-refractivity contribution >= 4 is 43.7 Å². The topological polar surface area (TPSA) is 37.3 Å². The van der Waals surface area contributed by atoms with Gasteiger partial charge in [-0.25, -0.2) is 0 Å². The number of carboxylic acids is 1. The van der Waals surface area contributed by atoms with Gasteiger partial charge in [0.05, 0.1) is 0 Å². The van der Waals surface area contributed by atoms with Gasteiger partial charge in [-0.3, -0.25) is 4.79 Å². The molecule has 0 saturated carbocycles. The summed E-state index contributed by atoms with van der Waals surface area (Å²) in [5.41, 5.74) is 0. The van der Waals surface area contributed by atoms with Gasteiger partial charge in [-0.1, -0.05) is 13.8 Å². The van der Waals surface area contributed by atoms with E-state index in [9.17, 15) is 4.79 Å². The SMILES string of the molecule is CC(C)CCC(=O)O.[Ca+2].[H-].[H-]. The van der Waals surface area contributed by atoms with Crippen molar-refractivity contribution < 1.29 is 12.8 Å². The van der Waals surface area contributed by atoms with Crippen molar-refractivity contribution in [3.05, 3.63) is 0 Å². The molecule has 2 nitrogen and oxygen atoms in total. The van der Waals surface area contributed by atoms with E-state index in [0.717, 1.165) is 6.42 Å². The van der Waals surface area contributed by atoms with Crippen LogP contribution in [0.1, 0.15) is 29.5 Å². The molecule has 9 heavy (non-hydrogen) atoms. The van der Waals surface area contributed by atoms with Crippen LogP contribution in [-0.2, 0) is 4.79 Å². The zero-order valence-electron chi connectivity index (χ0n) is 8.05. The minimum absolute atomic E-state index is 0. The van der Waals surface area contributed by atoms with Crippen molar-refractivity contribution in [1.82, 2.24) is 0 Å². The number of carbonyl (C=O) groups is 1. The van der Waals surface area contributed by atoms with E-state index in [0.29, 0.717) is 12.3 Å². The van der Waals surface area contributed by atoms with E-state index in [1.165, 1.54) is 0 Å². The zero-order valence-corrected chi connectivity index (χ0v) is 8.26. The molecular weight excluding hydrogens is 144 g/mol. The molecule has 0 radical (unpaired) electrons. The number of rotatable bonds is 3. The Morgan fingerprint density at radius 3 is 2.22 bits per heavy atom. The van der Waals surface area contributed by atoms with E-state index in [2.05, 4.69) is 0 Å². The van der Waals surface area contributed by atoms with E-state index in [1.54, 1.807) is 0 Å². The van der Waals surface area contributed by atoms with Crippen molar-refractivity contribution in [2.75, 3.05) is 0 Å². The summed E-state index contributed by atoms with van der Waals surface area (Å²) >= 11 is 0. The van der Waals surface area contributed by atoms with Crippen LogP contribution >= 0.6 is 0 Å². The molecule has 0 amide bonds. The second-order valence-electron chi connectivity index (χ2n) is 2.33. The predicted molar refractivity (Wildman–Crippen MR) is 39.7 cm³/mol. The monoisotopic (exact) mass is 158 g/mol. The third kappa shape index (κ3) is 12.0. The molecule has 0 aliphatic carbocycles. The van der Waals surface area contributed by atoms with Gasteiger partial charge in [0, 0.05) is 6.42 Å². The number of carboxylic acid groups (broad SMARTS) is 1. The molecule has 0 heterocycles. The molecule has 0 bridgehead atoms. The Morgan fingerprint density at radius 2 is 2.11 bits per heavy atom. The molecular formula is C6H14CaO2. The third-order valence-corrected chi connectivity index (χ3v) is 0.936. The quantitative estimate of drug-likeness (QED) is 0.629. The van der Waals surface area contributed by atoms with E-state index in [-0.39, 0.29) is 40.6 Å². The average molecular weight is 158 g/mol. The largest absolute Gasteiger partial charge is 2.00 e. The Balaban J connectivity index is -0.0000000817. The first-order valence-electron chi connectivity index (χ1n) is 2.84. The van der Waals surface area contributed by atoms with E-state index < -0.39 is 5.97 Å². The Hall–Kier alpha value is 0.730. The summed E-state index contributed by atoms with van der Waals surface area (Å²) in [5, 5.41) is 8.16. The fourth-order valence-corrected chi connectivity index (χ4v) is 0.412. The Morgan fingerprint density at radius 1 is 1.67 bits per heavy atom. The molecule has 0 aromatic heterocycles. The fourth-order valence-electron chi connectivity index (χ4n) is 0.412. The minimum Gasteiger partial charge on any atom is -1.00 e. The molecule has 0 rings (SSSR count). The van der Waals surface area contributed by atoms with Crippen LogP contribution in [-0.4, -0.2) is 48.8 Å². The van der Waals surface area contributed by atoms with Gasteiger partial charge in [0.1, 0.15) is 0 Å². The summed E-state index contributed by atoms with van der Waals surface area (Å²) < 4.78 is 0. The molecule has 0 aliphatic heterocycles. The molecule has 0 aliphatic rings. The summed E-state index contributed by atoms with van der Waals surface area (Å²) in [6.45, 7) is 4.03. The first-order valence-corrected chi connectivity index (χ1v) is 2.84. The second-order valence-corrected chi connectivity index (χ2v) is 2.33. The van der Waals surface area contributed by atoms with Crippen LogP contribution in [0.15, 0.2) is 0 Å². The van der Waals surface area contributed by atoms with Crippen molar-refractivity contribution in [1.29, 1.82) is 0 Å². The number of aliphatic carboxylic acids is 1. The predicted octanol–water partition coefficient (Wildman–Crippen LogP) is 1.35.